The molecule has 0 spiro atoms. The molecule has 1 saturated heterocycles. The van der Waals surface area contributed by atoms with Gasteiger partial charge in [0.15, 0.2) is 0 Å². The second kappa shape index (κ2) is 7.96. The molecule has 0 N–H and O–H groups in total. The topological polar surface area (TPSA) is 19.4 Å². The number of hydrogen-bond acceptors (Lipinski definition) is 3. The highest BCUT2D eigenvalue weighted by atomic mass is 15.2. The first-order valence-corrected chi connectivity index (χ1v) is 9.03. The Morgan fingerprint density at radius 3 is 2.50 bits per heavy atom. The highest BCUT2D eigenvalue weighted by molar-refractivity contribution is 5.41. The maximum Gasteiger partial charge on any atom is 0.128 e. The number of nitrogens with zero attached hydrogens (tertiary/aromatic N) is 3. The van der Waals surface area contributed by atoms with E-state index in [-0.39, 0.29) is 0 Å². The molecule has 0 unspecified atom stereocenters. The van der Waals surface area contributed by atoms with Crippen LogP contribution in [0.3, 0.4) is 0 Å². The normalized spacial score (nSPS) is 19.3. The van der Waals surface area contributed by atoms with Crippen molar-refractivity contribution < 1.29 is 0 Å². The minimum atomic E-state index is 0.478. The van der Waals surface area contributed by atoms with Crippen LogP contribution in [0, 0.1) is 0 Å². The van der Waals surface area contributed by atoms with Crippen molar-refractivity contribution in [2.75, 3.05) is 18.0 Å². The summed E-state index contributed by atoms with van der Waals surface area (Å²) in [5.41, 5.74) is 1.39. The van der Waals surface area contributed by atoms with Gasteiger partial charge in [-0.2, -0.15) is 0 Å². The molecule has 1 fully saturated rings. The molecule has 0 radical (unpaired) electrons. The summed E-state index contributed by atoms with van der Waals surface area (Å²) in [6, 6.07) is 6.05. The molecule has 1 atom stereocenters. The lowest BCUT2D eigenvalue weighted by Gasteiger charge is -2.32. The number of pyridine rings is 1. The molecule has 0 amide bonds. The van der Waals surface area contributed by atoms with Crippen molar-refractivity contribution in [1.29, 1.82) is 0 Å². The fourth-order valence-electron chi connectivity index (χ4n) is 3.71. The van der Waals surface area contributed by atoms with Crippen LogP contribution < -0.4 is 4.90 Å². The molecule has 0 saturated carbocycles. The zero-order valence-electron chi connectivity index (χ0n) is 15.0. The van der Waals surface area contributed by atoms with E-state index in [1.807, 2.05) is 0 Å². The number of hydrogen-bond donors (Lipinski definition) is 0. The van der Waals surface area contributed by atoms with Gasteiger partial charge in [-0.15, -0.1) is 0 Å². The largest absolute Gasteiger partial charge is 0.352 e. The van der Waals surface area contributed by atoms with E-state index in [1.165, 1.54) is 44.3 Å². The fraction of sp³-hybridized carbons (Fsp3) is 0.737. The molecule has 1 aliphatic heterocycles. The van der Waals surface area contributed by atoms with Crippen LogP contribution in [0.4, 0.5) is 5.82 Å². The van der Waals surface area contributed by atoms with Crippen LogP contribution in [0.2, 0.25) is 0 Å². The molecule has 3 heteroatoms. The SMILES string of the molecule is CCCCN1CCC[C@@H]1c1ccc(N(C(C)C)C(C)C)nc1. The number of anilines is 1. The predicted molar refractivity (Wildman–Crippen MR) is 95.4 cm³/mol. The Hall–Kier alpha value is -1.09. The van der Waals surface area contributed by atoms with Crippen LogP contribution >= 0.6 is 0 Å². The standard InChI is InChI=1S/C19H33N3/c1-6-7-12-21-13-8-9-18(21)17-10-11-19(20-14-17)22(15(2)3)16(4)5/h10-11,14-16,18H,6-9,12-13H2,1-5H3/t18-/m1/s1. The molecule has 1 aliphatic rings. The second-order valence-corrected chi connectivity index (χ2v) is 7.09. The average Bonchev–Trinajstić information content (AvgIpc) is 2.93. The molecule has 2 rings (SSSR count). The van der Waals surface area contributed by atoms with Gasteiger partial charge in [0.2, 0.25) is 0 Å². The third-order valence-electron chi connectivity index (χ3n) is 4.70. The lowest BCUT2D eigenvalue weighted by Crippen LogP contribution is -2.37. The molecular formula is C19H33N3. The van der Waals surface area contributed by atoms with Crippen LogP contribution in [-0.2, 0) is 0 Å². The molecule has 0 aliphatic carbocycles. The van der Waals surface area contributed by atoms with Gasteiger partial charge in [0.05, 0.1) is 0 Å². The first-order chi connectivity index (χ1) is 10.5. The van der Waals surface area contributed by atoms with Crippen molar-refractivity contribution in [2.45, 2.75) is 78.4 Å². The van der Waals surface area contributed by atoms with E-state index in [2.05, 4.69) is 62.7 Å². The Labute approximate surface area is 136 Å². The van der Waals surface area contributed by atoms with Crippen molar-refractivity contribution in [3.63, 3.8) is 0 Å². The van der Waals surface area contributed by atoms with E-state index >= 15 is 0 Å². The van der Waals surface area contributed by atoms with Crippen molar-refractivity contribution in [3.8, 4) is 0 Å². The zero-order chi connectivity index (χ0) is 16.1. The summed E-state index contributed by atoms with van der Waals surface area (Å²) in [6.45, 7) is 13.7. The minimum absolute atomic E-state index is 0.478. The smallest absolute Gasteiger partial charge is 0.128 e. The lowest BCUT2D eigenvalue weighted by atomic mass is 10.1. The predicted octanol–water partition coefficient (Wildman–Crippen LogP) is 4.64. The summed E-state index contributed by atoms with van der Waals surface area (Å²) >= 11 is 0. The Morgan fingerprint density at radius 1 is 1.23 bits per heavy atom. The van der Waals surface area contributed by atoms with Gasteiger partial charge < -0.3 is 4.90 Å². The Morgan fingerprint density at radius 2 is 1.95 bits per heavy atom. The average molecular weight is 303 g/mol. The summed E-state index contributed by atoms with van der Waals surface area (Å²) in [7, 11) is 0. The first kappa shape index (κ1) is 17.3. The minimum Gasteiger partial charge on any atom is -0.352 e. The van der Waals surface area contributed by atoms with E-state index in [4.69, 9.17) is 4.98 Å². The van der Waals surface area contributed by atoms with Gasteiger partial charge in [0, 0.05) is 24.3 Å². The molecule has 1 aromatic heterocycles. The van der Waals surface area contributed by atoms with Crippen molar-refractivity contribution >= 4 is 5.82 Å². The van der Waals surface area contributed by atoms with E-state index < -0.39 is 0 Å². The number of rotatable bonds is 7. The summed E-state index contributed by atoms with van der Waals surface area (Å²) in [5.74, 6) is 1.10. The third kappa shape index (κ3) is 4.01. The molecule has 124 valence electrons. The molecule has 2 heterocycles. The van der Waals surface area contributed by atoms with Crippen LogP contribution in [-0.4, -0.2) is 35.1 Å². The van der Waals surface area contributed by atoms with Crippen LogP contribution in [0.1, 0.15) is 71.9 Å². The first-order valence-electron chi connectivity index (χ1n) is 9.03. The highest BCUT2D eigenvalue weighted by Gasteiger charge is 2.26. The molecular weight excluding hydrogens is 270 g/mol. The second-order valence-electron chi connectivity index (χ2n) is 7.09. The van der Waals surface area contributed by atoms with Gasteiger partial charge in [-0.25, -0.2) is 4.98 Å². The van der Waals surface area contributed by atoms with Gasteiger partial charge in [-0.3, -0.25) is 4.90 Å². The van der Waals surface area contributed by atoms with Crippen LogP contribution in [0.25, 0.3) is 0 Å². The van der Waals surface area contributed by atoms with E-state index in [0.717, 1.165) is 5.82 Å². The quantitative estimate of drug-likeness (QED) is 0.731. The van der Waals surface area contributed by atoms with Gasteiger partial charge in [0.1, 0.15) is 5.82 Å². The molecule has 3 nitrogen and oxygen atoms in total. The van der Waals surface area contributed by atoms with Gasteiger partial charge in [0.25, 0.3) is 0 Å². The van der Waals surface area contributed by atoms with Crippen LogP contribution in [0.15, 0.2) is 18.3 Å². The summed E-state index contributed by atoms with van der Waals surface area (Å²) in [5, 5.41) is 0. The summed E-state index contributed by atoms with van der Waals surface area (Å²) in [4.78, 5) is 9.80. The number of unbranched alkanes of at least 4 members (excludes halogenated alkanes) is 1. The molecule has 22 heavy (non-hydrogen) atoms. The zero-order valence-corrected chi connectivity index (χ0v) is 15.0. The fourth-order valence-corrected chi connectivity index (χ4v) is 3.71. The maximum absolute atomic E-state index is 4.78. The molecule has 0 bridgehead atoms. The maximum atomic E-state index is 4.78. The Balaban J connectivity index is 2.11. The monoisotopic (exact) mass is 303 g/mol. The van der Waals surface area contributed by atoms with Gasteiger partial charge in [-0.1, -0.05) is 19.4 Å². The van der Waals surface area contributed by atoms with Crippen molar-refractivity contribution in [1.82, 2.24) is 9.88 Å². The lowest BCUT2D eigenvalue weighted by molar-refractivity contribution is 0.253. The van der Waals surface area contributed by atoms with Gasteiger partial charge in [-0.05, 0) is 71.7 Å². The van der Waals surface area contributed by atoms with Crippen molar-refractivity contribution in [2.24, 2.45) is 0 Å². The van der Waals surface area contributed by atoms with E-state index in [9.17, 15) is 0 Å². The van der Waals surface area contributed by atoms with E-state index in [0.29, 0.717) is 18.1 Å². The molecule has 0 aromatic carbocycles. The third-order valence-corrected chi connectivity index (χ3v) is 4.70. The van der Waals surface area contributed by atoms with Crippen LogP contribution in [0.5, 0.6) is 0 Å². The van der Waals surface area contributed by atoms with Gasteiger partial charge >= 0.3 is 0 Å². The van der Waals surface area contributed by atoms with Crippen molar-refractivity contribution in [3.05, 3.63) is 23.9 Å². The Bertz CT molecular complexity index is 430. The summed E-state index contributed by atoms with van der Waals surface area (Å²) in [6.07, 6.45) is 7.29. The summed E-state index contributed by atoms with van der Waals surface area (Å²) < 4.78 is 0. The highest BCUT2D eigenvalue weighted by Crippen LogP contribution is 2.32. The number of likely N-dealkylation sites (tertiary alicyclic amines) is 1. The molecule has 1 aromatic rings. The number of aromatic nitrogens is 1. The van der Waals surface area contributed by atoms with E-state index in [1.54, 1.807) is 0 Å². The Kier molecular flexibility index (Phi) is 6.25.